The van der Waals surface area contributed by atoms with Gasteiger partial charge in [-0.15, -0.1) is 0 Å². The Bertz CT molecular complexity index is 774. The molecule has 26 heavy (non-hydrogen) atoms. The zero-order valence-electron chi connectivity index (χ0n) is 14.9. The molecule has 10 nitrogen and oxygen atoms in total. The predicted molar refractivity (Wildman–Crippen MR) is 100 cm³/mol. The van der Waals surface area contributed by atoms with Gasteiger partial charge in [0.1, 0.15) is 12.4 Å². The minimum atomic E-state index is -3.97. The third kappa shape index (κ3) is 7.45. The highest BCUT2D eigenvalue weighted by Crippen LogP contribution is 2.23. The summed E-state index contributed by atoms with van der Waals surface area (Å²) in [7, 11) is -6.37. The normalized spacial score (nSPS) is 12.7. The number of ether oxygens (including phenoxy) is 2. The van der Waals surface area contributed by atoms with Crippen molar-refractivity contribution in [2.45, 2.75) is 0 Å². The summed E-state index contributed by atoms with van der Waals surface area (Å²) in [6.07, 6.45) is 1.64. The summed E-state index contributed by atoms with van der Waals surface area (Å²) in [6, 6.07) is 5.67. The number of sulfonamides is 2. The Kier molecular flexibility index (Phi) is 8.11. The van der Waals surface area contributed by atoms with Gasteiger partial charge in [0.15, 0.2) is 5.96 Å². The van der Waals surface area contributed by atoms with Gasteiger partial charge in [-0.05, 0) is 24.3 Å². The lowest BCUT2D eigenvalue weighted by Gasteiger charge is -2.19. The third-order valence-electron chi connectivity index (χ3n) is 2.90. The number of guanidine groups is 1. The topological polar surface area (TPSA) is 140 Å². The lowest BCUT2D eigenvalue weighted by molar-refractivity contribution is 0.208. The SMILES string of the molecule is COCCN=C(N)NCCOc1ccc(N(S(C)(=O)=O)S(C)(=O)=O)cc1. The van der Waals surface area contributed by atoms with E-state index in [0.29, 0.717) is 29.2 Å². The van der Waals surface area contributed by atoms with E-state index in [4.69, 9.17) is 15.2 Å². The first-order valence-electron chi connectivity index (χ1n) is 7.52. The van der Waals surface area contributed by atoms with Gasteiger partial charge < -0.3 is 20.5 Å². The number of hydrogen-bond acceptors (Lipinski definition) is 7. The highest BCUT2D eigenvalue weighted by molar-refractivity contribution is 8.09. The van der Waals surface area contributed by atoms with Crippen molar-refractivity contribution in [3.05, 3.63) is 24.3 Å². The fourth-order valence-electron chi connectivity index (χ4n) is 1.95. The predicted octanol–water partition coefficient (Wildman–Crippen LogP) is -0.658. The number of rotatable bonds is 10. The molecule has 1 aromatic rings. The molecule has 0 heterocycles. The molecule has 1 aromatic carbocycles. The number of aliphatic imine (C=N–C) groups is 1. The molecule has 0 atom stereocenters. The average Bonchev–Trinajstić information content (AvgIpc) is 2.50. The van der Waals surface area contributed by atoms with Gasteiger partial charge in [-0.3, -0.25) is 4.99 Å². The van der Waals surface area contributed by atoms with Gasteiger partial charge in [0.25, 0.3) is 0 Å². The average molecular weight is 409 g/mol. The second-order valence-electron chi connectivity index (χ2n) is 5.25. The molecule has 0 bridgehead atoms. The molecule has 0 saturated heterocycles. The van der Waals surface area contributed by atoms with Crippen LogP contribution in [0.3, 0.4) is 0 Å². The molecule has 0 aromatic heterocycles. The minimum absolute atomic E-state index is 0.00926. The van der Waals surface area contributed by atoms with Gasteiger partial charge in [0.05, 0.1) is 37.9 Å². The number of nitrogens with two attached hydrogens (primary N) is 1. The summed E-state index contributed by atoms with van der Waals surface area (Å²) in [5.74, 6) is 0.727. The van der Waals surface area contributed by atoms with Crippen LogP contribution in [0.15, 0.2) is 29.3 Å². The zero-order chi connectivity index (χ0) is 19.8. The largest absolute Gasteiger partial charge is 0.492 e. The van der Waals surface area contributed by atoms with Crippen molar-refractivity contribution in [3.8, 4) is 5.75 Å². The third-order valence-corrected chi connectivity index (χ3v) is 6.16. The van der Waals surface area contributed by atoms with E-state index >= 15 is 0 Å². The number of benzene rings is 1. The standard InChI is InChI=1S/C14H24N4O6S2/c1-23-10-8-16-14(15)17-9-11-24-13-6-4-12(5-7-13)18(25(2,19)20)26(3,21)22/h4-7H,8-11H2,1-3H3,(H3,15,16,17). The highest BCUT2D eigenvalue weighted by Gasteiger charge is 2.27. The van der Waals surface area contributed by atoms with E-state index in [2.05, 4.69) is 10.3 Å². The monoisotopic (exact) mass is 408 g/mol. The summed E-state index contributed by atoms with van der Waals surface area (Å²) in [5.41, 5.74) is 5.65. The quantitative estimate of drug-likeness (QED) is 0.295. The second kappa shape index (κ2) is 9.59. The van der Waals surface area contributed by atoms with Gasteiger partial charge in [-0.25, -0.2) is 16.8 Å². The second-order valence-corrected chi connectivity index (χ2v) is 9.15. The Balaban J connectivity index is 2.62. The molecule has 0 saturated carbocycles. The number of hydrogen-bond donors (Lipinski definition) is 2. The minimum Gasteiger partial charge on any atom is -0.492 e. The molecular formula is C14H24N4O6S2. The van der Waals surface area contributed by atoms with Crippen LogP contribution in [0.2, 0.25) is 0 Å². The van der Waals surface area contributed by atoms with Crippen molar-refractivity contribution in [1.82, 2.24) is 5.32 Å². The molecule has 0 unspecified atom stereocenters. The summed E-state index contributed by atoms with van der Waals surface area (Å²) in [5, 5.41) is 2.86. The Morgan fingerprint density at radius 2 is 1.69 bits per heavy atom. The molecule has 148 valence electrons. The molecule has 0 spiro atoms. The van der Waals surface area contributed by atoms with Gasteiger partial charge in [-0.2, -0.15) is 3.71 Å². The van der Waals surface area contributed by atoms with E-state index in [1.165, 1.54) is 24.3 Å². The maximum atomic E-state index is 11.7. The molecule has 0 fully saturated rings. The molecule has 0 aliphatic heterocycles. The fourth-order valence-corrected chi connectivity index (χ4v) is 4.93. The summed E-state index contributed by atoms with van der Waals surface area (Å²) >= 11 is 0. The van der Waals surface area contributed by atoms with Crippen LogP contribution < -0.4 is 19.5 Å². The molecule has 0 amide bonds. The van der Waals surface area contributed by atoms with Gasteiger partial charge in [-0.1, -0.05) is 0 Å². The zero-order valence-corrected chi connectivity index (χ0v) is 16.5. The van der Waals surface area contributed by atoms with E-state index in [1.807, 2.05) is 0 Å². The van der Waals surface area contributed by atoms with Crippen LogP contribution in [0.25, 0.3) is 0 Å². The Morgan fingerprint density at radius 1 is 1.12 bits per heavy atom. The van der Waals surface area contributed by atoms with Crippen molar-refractivity contribution >= 4 is 31.7 Å². The smallest absolute Gasteiger partial charge is 0.245 e. The lowest BCUT2D eigenvalue weighted by atomic mass is 10.3. The van der Waals surface area contributed by atoms with E-state index in [0.717, 1.165) is 12.5 Å². The van der Waals surface area contributed by atoms with Crippen LogP contribution in [0, 0.1) is 0 Å². The lowest BCUT2D eigenvalue weighted by Crippen LogP contribution is -2.35. The van der Waals surface area contributed by atoms with Gasteiger partial charge in [0.2, 0.25) is 20.0 Å². The summed E-state index contributed by atoms with van der Waals surface area (Å²) in [4.78, 5) is 4.02. The van der Waals surface area contributed by atoms with Crippen molar-refractivity contribution in [2.75, 3.05) is 49.6 Å². The summed E-state index contributed by atoms with van der Waals surface area (Å²) in [6.45, 7) is 1.61. The van der Waals surface area contributed by atoms with Crippen LogP contribution in [-0.4, -0.2) is 68.7 Å². The molecule has 0 aliphatic carbocycles. The van der Waals surface area contributed by atoms with Crippen LogP contribution in [0.4, 0.5) is 5.69 Å². The maximum absolute atomic E-state index is 11.7. The van der Waals surface area contributed by atoms with Crippen molar-refractivity contribution in [3.63, 3.8) is 0 Å². The molecule has 0 radical (unpaired) electrons. The first-order chi connectivity index (χ1) is 12.1. The van der Waals surface area contributed by atoms with Gasteiger partial charge >= 0.3 is 0 Å². The molecular weight excluding hydrogens is 384 g/mol. The van der Waals surface area contributed by atoms with Crippen LogP contribution >= 0.6 is 0 Å². The molecule has 12 heteroatoms. The van der Waals surface area contributed by atoms with E-state index in [1.54, 1.807) is 7.11 Å². The number of anilines is 1. The molecule has 1 rings (SSSR count). The maximum Gasteiger partial charge on any atom is 0.245 e. The van der Waals surface area contributed by atoms with Gasteiger partial charge in [0, 0.05) is 7.11 Å². The van der Waals surface area contributed by atoms with Crippen molar-refractivity contribution in [1.29, 1.82) is 0 Å². The first kappa shape index (κ1) is 22.0. The van der Waals surface area contributed by atoms with E-state index in [9.17, 15) is 16.8 Å². The molecule has 3 N–H and O–H groups in total. The van der Waals surface area contributed by atoms with Crippen LogP contribution in [-0.2, 0) is 24.8 Å². The van der Waals surface area contributed by atoms with Crippen LogP contribution in [0.1, 0.15) is 0 Å². The number of nitrogens with one attached hydrogen (secondary N) is 1. The Hall–Kier alpha value is -2.05. The van der Waals surface area contributed by atoms with Crippen molar-refractivity contribution < 1.29 is 26.3 Å². The van der Waals surface area contributed by atoms with Crippen LogP contribution in [0.5, 0.6) is 5.75 Å². The number of nitrogens with zero attached hydrogens (tertiary/aromatic N) is 2. The molecule has 0 aliphatic rings. The summed E-state index contributed by atoms with van der Waals surface area (Å²) < 4.78 is 57.5. The number of methoxy groups -OCH3 is 1. The first-order valence-corrected chi connectivity index (χ1v) is 11.2. The fraction of sp³-hybridized carbons (Fsp3) is 0.500. The van der Waals surface area contributed by atoms with Crippen molar-refractivity contribution in [2.24, 2.45) is 10.7 Å². The Morgan fingerprint density at radius 3 is 2.19 bits per heavy atom. The Labute approximate surface area is 154 Å². The van der Waals surface area contributed by atoms with E-state index < -0.39 is 20.0 Å². The van der Waals surface area contributed by atoms with E-state index in [-0.39, 0.29) is 18.3 Å². The highest BCUT2D eigenvalue weighted by atomic mass is 32.3.